The van der Waals surface area contributed by atoms with Crippen LogP contribution in [-0.4, -0.2) is 52.8 Å². The number of amides is 2. The number of benzene rings is 1. The number of carbonyl (C=O) groups excluding carboxylic acids is 2. The van der Waals surface area contributed by atoms with Crippen molar-refractivity contribution in [2.45, 2.75) is 44.7 Å². The van der Waals surface area contributed by atoms with Crippen molar-refractivity contribution in [3.63, 3.8) is 0 Å². The third kappa shape index (κ3) is 2.28. The molecule has 1 aromatic carbocycles. The van der Waals surface area contributed by atoms with Gasteiger partial charge in [0.2, 0.25) is 0 Å². The molecule has 124 valence electrons. The number of hydrogen-bond donors (Lipinski definition) is 0. The molecular formula is C17H22N2O4. The van der Waals surface area contributed by atoms with Crippen molar-refractivity contribution in [1.82, 2.24) is 9.80 Å². The topological polar surface area (TPSA) is 59.1 Å². The minimum absolute atomic E-state index is 0.0895. The molecule has 2 atom stereocenters. The molecule has 0 unspecified atom stereocenters. The van der Waals surface area contributed by atoms with Crippen LogP contribution in [0.1, 0.15) is 26.3 Å². The zero-order valence-electron chi connectivity index (χ0n) is 13.9. The van der Waals surface area contributed by atoms with E-state index in [1.807, 2.05) is 44.2 Å². The lowest BCUT2D eigenvalue weighted by Gasteiger charge is -2.54. The molecule has 0 N–H and O–H groups in total. The van der Waals surface area contributed by atoms with Crippen LogP contribution in [0.2, 0.25) is 0 Å². The lowest BCUT2D eigenvalue weighted by Crippen LogP contribution is -2.77. The number of rotatable bonds is 3. The van der Waals surface area contributed by atoms with Gasteiger partial charge in [0, 0.05) is 13.7 Å². The monoisotopic (exact) mass is 318 g/mol. The predicted octanol–water partition coefficient (Wildman–Crippen LogP) is 1.99. The fourth-order valence-corrected chi connectivity index (χ4v) is 3.42. The second kappa shape index (κ2) is 5.23. The summed E-state index contributed by atoms with van der Waals surface area (Å²) in [5.74, 6) is -0.0895. The number of hydrogen-bond acceptors (Lipinski definition) is 4. The van der Waals surface area contributed by atoms with Crippen molar-refractivity contribution in [1.29, 1.82) is 0 Å². The second-order valence-electron chi connectivity index (χ2n) is 6.84. The van der Waals surface area contributed by atoms with E-state index in [9.17, 15) is 9.59 Å². The number of β-lactam (4-membered cyclic amide) rings is 1. The predicted molar refractivity (Wildman–Crippen MR) is 83.5 cm³/mol. The maximum absolute atomic E-state index is 12.5. The third-order valence-electron chi connectivity index (χ3n) is 4.75. The summed E-state index contributed by atoms with van der Waals surface area (Å²) in [6.45, 7) is 6.24. The molecule has 0 radical (unpaired) electrons. The van der Waals surface area contributed by atoms with Gasteiger partial charge < -0.3 is 14.4 Å². The highest BCUT2D eigenvalue weighted by Gasteiger charge is 2.69. The summed E-state index contributed by atoms with van der Waals surface area (Å²) in [5, 5.41) is 0. The van der Waals surface area contributed by atoms with Crippen molar-refractivity contribution >= 4 is 12.0 Å². The highest BCUT2D eigenvalue weighted by Crippen LogP contribution is 2.46. The molecule has 0 aliphatic carbocycles. The first kappa shape index (κ1) is 15.8. The van der Waals surface area contributed by atoms with Crippen molar-refractivity contribution in [2.24, 2.45) is 0 Å². The molecule has 0 bridgehead atoms. The highest BCUT2D eigenvalue weighted by molar-refractivity contribution is 5.95. The van der Waals surface area contributed by atoms with Crippen LogP contribution in [0.3, 0.4) is 0 Å². The van der Waals surface area contributed by atoms with Crippen molar-refractivity contribution in [3.8, 4) is 0 Å². The number of methoxy groups -OCH3 is 1. The van der Waals surface area contributed by atoms with E-state index in [4.69, 9.17) is 9.47 Å². The van der Waals surface area contributed by atoms with Crippen molar-refractivity contribution < 1.29 is 19.1 Å². The Morgan fingerprint density at radius 1 is 1.26 bits per heavy atom. The summed E-state index contributed by atoms with van der Waals surface area (Å²) < 4.78 is 10.8. The van der Waals surface area contributed by atoms with Crippen LogP contribution >= 0.6 is 0 Å². The van der Waals surface area contributed by atoms with Crippen LogP contribution in [0.15, 0.2) is 30.3 Å². The van der Waals surface area contributed by atoms with Gasteiger partial charge in [-0.15, -0.1) is 0 Å². The van der Waals surface area contributed by atoms with E-state index in [1.54, 1.807) is 16.7 Å². The molecule has 2 fully saturated rings. The van der Waals surface area contributed by atoms with Crippen LogP contribution in [0.25, 0.3) is 0 Å². The van der Waals surface area contributed by atoms with Crippen LogP contribution in [0.4, 0.5) is 4.79 Å². The molecule has 2 aliphatic rings. The van der Waals surface area contributed by atoms with Gasteiger partial charge in [0.1, 0.15) is 12.8 Å². The zero-order chi connectivity index (χ0) is 16.8. The van der Waals surface area contributed by atoms with Crippen molar-refractivity contribution in [2.75, 3.05) is 13.7 Å². The highest BCUT2D eigenvalue weighted by atomic mass is 16.6. The lowest BCUT2D eigenvalue weighted by molar-refractivity contribution is -0.207. The van der Waals surface area contributed by atoms with Gasteiger partial charge >= 0.3 is 6.09 Å². The van der Waals surface area contributed by atoms with Gasteiger partial charge in [-0.25, -0.2) is 4.79 Å². The van der Waals surface area contributed by atoms with Gasteiger partial charge in [0.05, 0.1) is 5.54 Å². The normalized spacial score (nSPS) is 28.3. The fraction of sp³-hybridized carbons (Fsp3) is 0.529. The Morgan fingerprint density at radius 3 is 2.52 bits per heavy atom. The van der Waals surface area contributed by atoms with Gasteiger partial charge in [0.25, 0.3) is 5.91 Å². The summed E-state index contributed by atoms with van der Waals surface area (Å²) in [4.78, 5) is 28.2. The molecule has 23 heavy (non-hydrogen) atoms. The quantitative estimate of drug-likeness (QED) is 0.800. The van der Waals surface area contributed by atoms with Crippen LogP contribution in [0.5, 0.6) is 0 Å². The van der Waals surface area contributed by atoms with Crippen molar-refractivity contribution in [3.05, 3.63) is 35.9 Å². The average Bonchev–Trinajstić information content (AvgIpc) is 2.82. The first-order valence-corrected chi connectivity index (χ1v) is 7.67. The molecular weight excluding hydrogens is 296 g/mol. The Hall–Kier alpha value is -2.08. The summed E-state index contributed by atoms with van der Waals surface area (Å²) in [7, 11) is 1.49. The first-order valence-electron chi connectivity index (χ1n) is 7.67. The second-order valence-corrected chi connectivity index (χ2v) is 6.84. The summed E-state index contributed by atoms with van der Waals surface area (Å²) in [6.07, 6.45) is -0.844. The summed E-state index contributed by atoms with van der Waals surface area (Å²) in [6, 6.07) is 9.52. The molecule has 2 amide bonds. The summed E-state index contributed by atoms with van der Waals surface area (Å²) >= 11 is 0. The number of carbonyl (C=O) groups is 2. The smallest absolute Gasteiger partial charge is 0.411 e. The molecule has 2 aliphatic heterocycles. The van der Waals surface area contributed by atoms with Gasteiger partial charge in [-0.2, -0.15) is 0 Å². The molecule has 2 saturated heterocycles. The maximum Gasteiger partial charge on any atom is 0.411 e. The number of nitrogens with zero attached hydrogens (tertiary/aromatic N) is 2. The molecule has 0 saturated carbocycles. The third-order valence-corrected chi connectivity index (χ3v) is 4.75. The van der Waals surface area contributed by atoms with E-state index < -0.39 is 23.4 Å². The SMILES string of the molecule is CO[C@@]1(C)C(=O)N2[C@@H]1N(C(=O)OCc1ccccc1)CC2(C)C. The Kier molecular flexibility index (Phi) is 3.59. The van der Waals surface area contributed by atoms with Crippen LogP contribution < -0.4 is 0 Å². The molecule has 1 aromatic rings. The minimum Gasteiger partial charge on any atom is -0.444 e. The Bertz CT molecular complexity index is 631. The van der Waals surface area contributed by atoms with Gasteiger partial charge in [-0.05, 0) is 26.3 Å². The van der Waals surface area contributed by atoms with E-state index in [1.165, 1.54) is 7.11 Å². The standard InChI is InChI=1S/C17H22N2O4/c1-16(2)11-18(13-17(3,22-4)14(20)19(13)16)15(21)23-10-12-8-6-5-7-9-12/h5-9,13H,10-11H2,1-4H3/t13-,17+/m0/s1. The van der Waals surface area contributed by atoms with Gasteiger partial charge in [-0.3, -0.25) is 9.69 Å². The molecule has 6 nitrogen and oxygen atoms in total. The first-order chi connectivity index (χ1) is 10.8. The zero-order valence-corrected chi connectivity index (χ0v) is 13.9. The summed E-state index contributed by atoms with van der Waals surface area (Å²) in [5.41, 5.74) is -0.499. The molecule has 6 heteroatoms. The number of fused-ring (bicyclic) bond motifs is 1. The molecule has 0 aromatic heterocycles. The molecule has 3 rings (SSSR count). The Balaban J connectivity index is 1.74. The average molecular weight is 318 g/mol. The van der Waals surface area contributed by atoms with E-state index in [0.717, 1.165) is 5.56 Å². The van der Waals surface area contributed by atoms with E-state index in [2.05, 4.69) is 0 Å². The Labute approximate surface area is 136 Å². The van der Waals surface area contributed by atoms with E-state index >= 15 is 0 Å². The number of ether oxygens (including phenoxy) is 2. The Morgan fingerprint density at radius 2 is 1.91 bits per heavy atom. The van der Waals surface area contributed by atoms with Crippen LogP contribution in [0, 0.1) is 0 Å². The maximum atomic E-state index is 12.5. The van der Waals surface area contributed by atoms with E-state index in [-0.39, 0.29) is 12.5 Å². The van der Waals surface area contributed by atoms with Gasteiger partial charge in [0.15, 0.2) is 5.60 Å². The van der Waals surface area contributed by atoms with Gasteiger partial charge in [-0.1, -0.05) is 30.3 Å². The fourth-order valence-electron chi connectivity index (χ4n) is 3.42. The minimum atomic E-state index is -1.00. The molecule has 2 heterocycles. The van der Waals surface area contributed by atoms with Crippen LogP contribution in [-0.2, 0) is 20.9 Å². The largest absolute Gasteiger partial charge is 0.444 e. The lowest BCUT2D eigenvalue weighted by atomic mass is 9.87. The molecule has 0 spiro atoms. The van der Waals surface area contributed by atoms with E-state index in [0.29, 0.717) is 6.54 Å².